The van der Waals surface area contributed by atoms with Crippen LogP contribution >= 0.6 is 11.3 Å². The molecule has 0 spiro atoms. The minimum Gasteiger partial charge on any atom is -0.477 e. The van der Waals surface area contributed by atoms with Gasteiger partial charge >= 0.3 is 5.97 Å². The van der Waals surface area contributed by atoms with Crippen LogP contribution in [0.3, 0.4) is 0 Å². The SMILES string of the molecule is Cc1cccc(C(=O)Nc2ccc(C(=O)O)s2)c1C. The summed E-state index contributed by atoms with van der Waals surface area (Å²) in [4.78, 5) is 23.1. The fraction of sp³-hybridized carbons (Fsp3) is 0.143. The number of hydrogen-bond acceptors (Lipinski definition) is 3. The number of anilines is 1. The van der Waals surface area contributed by atoms with Crippen molar-refractivity contribution in [3.63, 3.8) is 0 Å². The van der Waals surface area contributed by atoms with Crippen molar-refractivity contribution in [1.29, 1.82) is 0 Å². The first-order chi connectivity index (χ1) is 8.99. The summed E-state index contributed by atoms with van der Waals surface area (Å²) in [5.41, 5.74) is 2.57. The Morgan fingerprint density at radius 3 is 2.53 bits per heavy atom. The molecular weight excluding hydrogens is 262 g/mol. The van der Waals surface area contributed by atoms with Gasteiger partial charge in [-0.15, -0.1) is 11.3 Å². The summed E-state index contributed by atoms with van der Waals surface area (Å²) in [5, 5.41) is 12.1. The molecule has 2 rings (SSSR count). The van der Waals surface area contributed by atoms with Crippen LogP contribution in [-0.2, 0) is 0 Å². The van der Waals surface area contributed by atoms with Crippen LogP contribution in [0.15, 0.2) is 30.3 Å². The Bertz CT molecular complexity index is 646. The van der Waals surface area contributed by atoms with Crippen LogP contribution in [0.2, 0.25) is 0 Å². The van der Waals surface area contributed by atoms with Crippen LogP contribution < -0.4 is 5.32 Å². The highest BCUT2D eigenvalue weighted by molar-refractivity contribution is 7.18. The molecule has 0 unspecified atom stereocenters. The first-order valence-corrected chi connectivity index (χ1v) is 6.51. The van der Waals surface area contributed by atoms with Gasteiger partial charge in [-0.2, -0.15) is 0 Å². The number of carbonyl (C=O) groups excluding carboxylic acids is 1. The Morgan fingerprint density at radius 2 is 1.89 bits per heavy atom. The van der Waals surface area contributed by atoms with E-state index in [1.165, 1.54) is 6.07 Å². The van der Waals surface area contributed by atoms with Crippen LogP contribution in [0.25, 0.3) is 0 Å². The molecule has 0 saturated heterocycles. The molecule has 0 bridgehead atoms. The molecule has 0 aliphatic heterocycles. The zero-order valence-electron chi connectivity index (χ0n) is 10.6. The summed E-state index contributed by atoms with van der Waals surface area (Å²) >= 11 is 1.04. The number of rotatable bonds is 3. The van der Waals surface area contributed by atoms with E-state index in [2.05, 4.69) is 5.32 Å². The van der Waals surface area contributed by atoms with E-state index in [4.69, 9.17) is 5.11 Å². The molecule has 0 atom stereocenters. The van der Waals surface area contributed by atoms with Gasteiger partial charge in [0, 0.05) is 5.56 Å². The molecule has 0 aliphatic carbocycles. The smallest absolute Gasteiger partial charge is 0.345 e. The number of aromatic carboxylic acids is 1. The number of benzene rings is 1. The summed E-state index contributed by atoms with van der Waals surface area (Å²) in [6.45, 7) is 3.83. The molecule has 0 radical (unpaired) electrons. The molecule has 1 aromatic carbocycles. The highest BCUT2D eigenvalue weighted by Crippen LogP contribution is 2.23. The standard InChI is InChI=1S/C14H13NO3S/c1-8-4-3-5-10(9(8)2)13(16)15-12-7-6-11(19-12)14(17)18/h3-7H,1-2H3,(H,15,16)(H,17,18). The molecule has 4 nitrogen and oxygen atoms in total. The molecule has 1 aromatic heterocycles. The maximum Gasteiger partial charge on any atom is 0.345 e. The van der Waals surface area contributed by atoms with E-state index in [-0.39, 0.29) is 10.8 Å². The van der Waals surface area contributed by atoms with Gasteiger partial charge in [0.1, 0.15) is 4.88 Å². The molecule has 1 amide bonds. The fourth-order valence-electron chi connectivity index (χ4n) is 1.70. The van der Waals surface area contributed by atoms with Crippen molar-refractivity contribution < 1.29 is 14.7 Å². The molecular formula is C14H13NO3S. The van der Waals surface area contributed by atoms with Gasteiger partial charge in [-0.05, 0) is 43.2 Å². The van der Waals surface area contributed by atoms with Crippen molar-refractivity contribution in [3.05, 3.63) is 51.9 Å². The Kier molecular flexibility index (Phi) is 3.66. The number of carboxylic acids is 1. The van der Waals surface area contributed by atoms with Crippen LogP contribution in [-0.4, -0.2) is 17.0 Å². The number of hydrogen-bond donors (Lipinski definition) is 2. The van der Waals surface area contributed by atoms with Gasteiger partial charge in [0.15, 0.2) is 0 Å². The van der Waals surface area contributed by atoms with E-state index in [0.29, 0.717) is 10.6 Å². The quantitative estimate of drug-likeness (QED) is 0.903. The van der Waals surface area contributed by atoms with Crippen molar-refractivity contribution in [3.8, 4) is 0 Å². The molecule has 19 heavy (non-hydrogen) atoms. The molecule has 0 aliphatic rings. The first-order valence-electron chi connectivity index (χ1n) is 5.69. The topological polar surface area (TPSA) is 66.4 Å². The van der Waals surface area contributed by atoms with E-state index in [1.54, 1.807) is 12.1 Å². The molecule has 5 heteroatoms. The fourth-order valence-corrected chi connectivity index (χ4v) is 2.44. The van der Waals surface area contributed by atoms with Crippen LogP contribution in [0.4, 0.5) is 5.00 Å². The maximum atomic E-state index is 12.1. The molecule has 1 heterocycles. The summed E-state index contributed by atoms with van der Waals surface area (Å²) in [7, 11) is 0. The van der Waals surface area contributed by atoms with Crippen molar-refractivity contribution in [2.75, 3.05) is 5.32 Å². The second-order valence-electron chi connectivity index (χ2n) is 4.17. The Balaban J connectivity index is 2.21. The molecule has 0 saturated carbocycles. The number of carbonyl (C=O) groups is 2. The third-order valence-corrected chi connectivity index (χ3v) is 3.89. The monoisotopic (exact) mass is 275 g/mol. The van der Waals surface area contributed by atoms with Gasteiger partial charge in [-0.3, -0.25) is 4.79 Å². The second kappa shape index (κ2) is 5.24. The largest absolute Gasteiger partial charge is 0.477 e. The lowest BCUT2D eigenvalue weighted by Gasteiger charge is -2.07. The third-order valence-electron chi connectivity index (χ3n) is 2.90. The predicted molar refractivity (Wildman–Crippen MR) is 75.1 cm³/mol. The second-order valence-corrected chi connectivity index (χ2v) is 5.25. The van der Waals surface area contributed by atoms with Gasteiger partial charge in [-0.1, -0.05) is 12.1 Å². The van der Waals surface area contributed by atoms with Crippen molar-refractivity contribution in [2.45, 2.75) is 13.8 Å². The normalized spacial score (nSPS) is 10.2. The summed E-state index contributed by atoms with van der Waals surface area (Å²) in [6, 6.07) is 8.60. The minimum absolute atomic E-state index is 0.205. The Hall–Kier alpha value is -2.14. The number of aryl methyl sites for hydroxylation is 1. The average Bonchev–Trinajstić information content (AvgIpc) is 2.81. The number of nitrogens with one attached hydrogen (secondary N) is 1. The van der Waals surface area contributed by atoms with Crippen LogP contribution in [0.5, 0.6) is 0 Å². The van der Waals surface area contributed by atoms with Gasteiger partial charge in [0.05, 0.1) is 5.00 Å². The summed E-state index contributed by atoms with van der Waals surface area (Å²) in [6.07, 6.45) is 0. The summed E-state index contributed by atoms with van der Waals surface area (Å²) < 4.78 is 0. The van der Waals surface area contributed by atoms with Crippen molar-refractivity contribution in [1.82, 2.24) is 0 Å². The lowest BCUT2D eigenvalue weighted by atomic mass is 10.0. The average molecular weight is 275 g/mol. The summed E-state index contributed by atoms with van der Waals surface area (Å²) in [5.74, 6) is -1.21. The van der Waals surface area contributed by atoms with Gasteiger partial charge in [0.25, 0.3) is 5.91 Å². The Morgan fingerprint density at radius 1 is 1.16 bits per heavy atom. The zero-order chi connectivity index (χ0) is 14.0. The van der Waals surface area contributed by atoms with E-state index >= 15 is 0 Å². The predicted octanol–water partition coefficient (Wildman–Crippen LogP) is 3.32. The Labute approximate surface area is 114 Å². The van der Waals surface area contributed by atoms with E-state index in [0.717, 1.165) is 22.5 Å². The third kappa shape index (κ3) is 2.82. The zero-order valence-corrected chi connectivity index (χ0v) is 11.4. The van der Waals surface area contributed by atoms with E-state index < -0.39 is 5.97 Å². The van der Waals surface area contributed by atoms with E-state index in [1.807, 2.05) is 26.0 Å². The molecule has 98 valence electrons. The number of carboxylic acid groups (broad SMARTS) is 1. The first kappa shape index (κ1) is 13.3. The van der Waals surface area contributed by atoms with Gasteiger partial charge < -0.3 is 10.4 Å². The minimum atomic E-state index is -0.989. The van der Waals surface area contributed by atoms with Crippen LogP contribution in [0, 0.1) is 13.8 Å². The van der Waals surface area contributed by atoms with Crippen molar-refractivity contribution >= 4 is 28.2 Å². The van der Waals surface area contributed by atoms with Crippen LogP contribution in [0.1, 0.15) is 31.2 Å². The van der Waals surface area contributed by atoms with Gasteiger partial charge in [0.2, 0.25) is 0 Å². The highest BCUT2D eigenvalue weighted by atomic mass is 32.1. The highest BCUT2D eigenvalue weighted by Gasteiger charge is 2.13. The van der Waals surface area contributed by atoms with Crippen molar-refractivity contribution in [2.24, 2.45) is 0 Å². The molecule has 0 fully saturated rings. The van der Waals surface area contributed by atoms with E-state index in [9.17, 15) is 9.59 Å². The maximum absolute atomic E-state index is 12.1. The molecule has 2 aromatic rings. The number of thiophene rings is 1. The lowest BCUT2D eigenvalue weighted by molar-refractivity contribution is 0.0702. The van der Waals surface area contributed by atoms with Gasteiger partial charge in [-0.25, -0.2) is 4.79 Å². The molecule has 2 N–H and O–H groups in total. The lowest BCUT2D eigenvalue weighted by Crippen LogP contribution is -2.12. The number of amides is 1.